The third-order valence-electron chi connectivity index (χ3n) is 10.9. The number of nitrogens with zero attached hydrogens (tertiary/aromatic N) is 1. The lowest BCUT2D eigenvalue weighted by Gasteiger charge is -2.56. The fourth-order valence-electron chi connectivity index (χ4n) is 8.88. The number of benzene rings is 2. The standard InChI is InChI=1S/C33H39NO2/c1-32-18-16-28-26(21-34-31-19-24(35)15-17-33(28,31)2)27(32)13-14-29(32)30(36)20-25(22-9-5-3-6-10-22)23-11-7-4-8-12-23/h3-12,25-29H,13-21H2,1-2H3/t26-,27-,28-,29+,32-,33+/m0/s1. The monoisotopic (exact) mass is 481 g/mol. The highest BCUT2D eigenvalue weighted by atomic mass is 16.1. The SMILES string of the molecule is C[C@]12CC[C@H]3[C@@H](CN=C4CC(=O)CC[C@@]43C)[C@@H]1CC[C@@H]2C(=O)CC(c1ccccc1)c1ccccc1. The zero-order valence-electron chi connectivity index (χ0n) is 21.8. The Hall–Kier alpha value is -2.55. The lowest BCUT2D eigenvalue weighted by atomic mass is 9.49. The van der Waals surface area contributed by atoms with Gasteiger partial charge in [-0.3, -0.25) is 14.6 Å². The van der Waals surface area contributed by atoms with Gasteiger partial charge in [0.2, 0.25) is 0 Å². The van der Waals surface area contributed by atoms with Crippen LogP contribution in [0.2, 0.25) is 0 Å². The van der Waals surface area contributed by atoms with Crippen molar-refractivity contribution in [1.29, 1.82) is 0 Å². The van der Waals surface area contributed by atoms with E-state index in [0.717, 1.165) is 32.2 Å². The van der Waals surface area contributed by atoms with Gasteiger partial charge in [0.1, 0.15) is 11.6 Å². The first-order chi connectivity index (χ1) is 17.4. The number of ketones is 2. The molecule has 1 heterocycles. The van der Waals surface area contributed by atoms with Crippen LogP contribution in [-0.4, -0.2) is 23.8 Å². The first kappa shape index (κ1) is 23.8. The minimum atomic E-state index is 0.0735. The van der Waals surface area contributed by atoms with Gasteiger partial charge in [0, 0.05) is 48.8 Å². The zero-order chi connectivity index (χ0) is 24.9. The van der Waals surface area contributed by atoms with Crippen LogP contribution >= 0.6 is 0 Å². The van der Waals surface area contributed by atoms with Gasteiger partial charge in [-0.25, -0.2) is 0 Å². The highest BCUT2D eigenvalue weighted by Gasteiger charge is 2.60. The molecule has 3 fully saturated rings. The third-order valence-corrected chi connectivity index (χ3v) is 10.9. The maximum atomic E-state index is 14.1. The molecule has 1 aliphatic heterocycles. The summed E-state index contributed by atoms with van der Waals surface area (Å²) in [5, 5.41) is 0. The molecular formula is C33H39NO2. The van der Waals surface area contributed by atoms with Gasteiger partial charge in [-0.1, -0.05) is 74.5 Å². The van der Waals surface area contributed by atoms with Gasteiger partial charge in [0.15, 0.2) is 0 Å². The number of rotatable bonds is 5. The Bertz CT molecular complexity index is 1130. The van der Waals surface area contributed by atoms with Crippen LogP contribution in [0.25, 0.3) is 0 Å². The highest BCUT2D eigenvalue weighted by Crippen LogP contribution is 2.64. The van der Waals surface area contributed by atoms with Crippen molar-refractivity contribution in [3.8, 4) is 0 Å². The minimum absolute atomic E-state index is 0.0735. The predicted octanol–water partition coefficient (Wildman–Crippen LogP) is 7.05. The summed E-state index contributed by atoms with van der Waals surface area (Å²) >= 11 is 0. The summed E-state index contributed by atoms with van der Waals surface area (Å²) < 4.78 is 0. The first-order valence-electron chi connectivity index (χ1n) is 14.1. The van der Waals surface area contributed by atoms with Gasteiger partial charge in [-0.2, -0.15) is 0 Å². The molecule has 0 saturated heterocycles. The van der Waals surface area contributed by atoms with Crippen molar-refractivity contribution in [2.24, 2.45) is 39.5 Å². The van der Waals surface area contributed by atoms with Crippen LogP contribution in [0, 0.1) is 34.5 Å². The van der Waals surface area contributed by atoms with Crippen molar-refractivity contribution in [1.82, 2.24) is 0 Å². The van der Waals surface area contributed by atoms with Crippen LogP contribution in [0.1, 0.15) is 82.3 Å². The van der Waals surface area contributed by atoms with Crippen molar-refractivity contribution in [3.05, 3.63) is 71.8 Å². The van der Waals surface area contributed by atoms with E-state index in [2.05, 4.69) is 74.5 Å². The van der Waals surface area contributed by atoms with Crippen molar-refractivity contribution in [2.75, 3.05) is 6.54 Å². The quantitative estimate of drug-likeness (QED) is 0.459. The molecule has 0 spiro atoms. The van der Waals surface area contributed by atoms with Gasteiger partial charge < -0.3 is 0 Å². The molecule has 0 amide bonds. The van der Waals surface area contributed by atoms with Crippen molar-refractivity contribution in [2.45, 2.75) is 71.1 Å². The molecule has 0 bridgehead atoms. The van der Waals surface area contributed by atoms with Gasteiger partial charge in [-0.05, 0) is 66.4 Å². The third kappa shape index (κ3) is 3.81. The van der Waals surface area contributed by atoms with Gasteiger partial charge in [0.05, 0.1) is 0 Å². The summed E-state index contributed by atoms with van der Waals surface area (Å²) in [6.07, 6.45) is 7.30. The minimum Gasteiger partial charge on any atom is -0.299 e. The van der Waals surface area contributed by atoms with Crippen LogP contribution in [0.3, 0.4) is 0 Å². The van der Waals surface area contributed by atoms with E-state index in [1.54, 1.807) is 0 Å². The molecule has 3 saturated carbocycles. The van der Waals surface area contributed by atoms with Crippen LogP contribution in [0.15, 0.2) is 65.7 Å². The molecule has 4 aliphatic rings. The Morgan fingerprint density at radius 2 is 1.58 bits per heavy atom. The number of aliphatic imine (C=N–C) groups is 1. The van der Waals surface area contributed by atoms with Gasteiger partial charge in [0.25, 0.3) is 0 Å². The maximum absolute atomic E-state index is 14.1. The number of carbonyl (C=O) groups excluding carboxylic acids is 2. The van der Waals surface area contributed by atoms with Gasteiger partial charge in [-0.15, -0.1) is 0 Å². The van der Waals surface area contributed by atoms with Crippen LogP contribution in [0.4, 0.5) is 0 Å². The number of hydrogen-bond acceptors (Lipinski definition) is 3. The number of fused-ring (bicyclic) bond motifs is 5. The molecule has 3 heteroatoms. The Morgan fingerprint density at radius 1 is 0.917 bits per heavy atom. The van der Waals surface area contributed by atoms with Gasteiger partial charge >= 0.3 is 0 Å². The normalized spacial score (nSPS) is 35.5. The van der Waals surface area contributed by atoms with Crippen molar-refractivity contribution in [3.63, 3.8) is 0 Å². The van der Waals surface area contributed by atoms with E-state index in [4.69, 9.17) is 4.99 Å². The molecule has 0 N–H and O–H groups in total. The molecule has 36 heavy (non-hydrogen) atoms. The highest BCUT2D eigenvalue weighted by molar-refractivity contribution is 6.07. The van der Waals surface area contributed by atoms with E-state index in [1.165, 1.54) is 23.3 Å². The Labute approximate surface area is 215 Å². The number of Topliss-reactive ketones (excluding diaryl/α,β-unsaturated/α-hetero) is 2. The second-order valence-electron chi connectivity index (χ2n) is 12.5. The molecule has 0 aromatic heterocycles. The molecule has 0 radical (unpaired) electrons. The fraction of sp³-hybridized carbons (Fsp3) is 0.545. The molecule has 6 atom stereocenters. The fourth-order valence-corrected chi connectivity index (χ4v) is 8.88. The Balaban J connectivity index is 1.25. The summed E-state index contributed by atoms with van der Waals surface area (Å²) in [6.45, 7) is 5.68. The van der Waals surface area contributed by atoms with Crippen LogP contribution < -0.4 is 0 Å². The smallest absolute Gasteiger partial charge is 0.138 e. The molecule has 3 nitrogen and oxygen atoms in total. The summed E-state index contributed by atoms with van der Waals surface area (Å²) in [5.41, 5.74) is 3.81. The Kier molecular flexibility index (Phi) is 6.01. The van der Waals surface area contributed by atoms with E-state index >= 15 is 0 Å². The van der Waals surface area contributed by atoms with Crippen molar-refractivity contribution >= 4 is 17.3 Å². The largest absolute Gasteiger partial charge is 0.299 e. The molecule has 3 aliphatic carbocycles. The van der Waals surface area contributed by atoms with E-state index in [-0.39, 0.29) is 22.7 Å². The van der Waals surface area contributed by atoms with E-state index in [1.807, 2.05) is 0 Å². The zero-order valence-corrected chi connectivity index (χ0v) is 21.8. The number of carbonyl (C=O) groups is 2. The summed E-state index contributed by atoms with van der Waals surface area (Å²) in [7, 11) is 0. The molecule has 2 aromatic rings. The summed E-state index contributed by atoms with van der Waals surface area (Å²) in [5.74, 6) is 2.81. The summed E-state index contributed by atoms with van der Waals surface area (Å²) in [4.78, 5) is 31.3. The van der Waals surface area contributed by atoms with Crippen LogP contribution in [0.5, 0.6) is 0 Å². The first-order valence-corrected chi connectivity index (χ1v) is 14.1. The molecular weight excluding hydrogens is 442 g/mol. The van der Waals surface area contributed by atoms with E-state index in [0.29, 0.717) is 48.6 Å². The maximum Gasteiger partial charge on any atom is 0.138 e. The second kappa shape index (κ2) is 9.08. The lowest BCUT2D eigenvalue weighted by Crippen LogP contribution is -2.54. The van der Waals surface area contributed by atoms with E-state index < -0.39 is 0 Å². The Morgan fingerprint density at radius 3 is 2.25 bits per heavy atom. The molecule has 2 aromatic carbocycles. The second-order valence-corrected chi connectivity index (χ2v) is 12.5. The lowest BCUT2D eigenvalue weighted by molar-refractivity contribution is -0.130. The molecule has 188 valence electrons. The number of hydrogen-bond donors (Lipinski definition) is 0. The van der Waals surface area contributed by atoms with E-state index in [9.17, 15) is 9.59 Å². The topological polar surface area (TPSA) is 46.5 Å². The predicted molar refractivity (Wildman–Crippen MR) is 144 cm³/mol. The average Bonchev–Trinajstić information content (AvgIpc) is 3.26. The van der Waals surface area contributed by atoms with Crippen LogP contribution in [-0.2, 0) is 9.59 Å². The molecule has 6 rings (SSSR count). The van der Waals surface area contributed by atoms with Crippen molar-refractivity contribution < 1.29 is 9.59 Å². The average molecular weight is 482 g/mol. The summed E-state index contributed by atoms with van der Waals surface area (Å²) in [6, 6.07) is 21.1. The molecule has 0 unspecified atom stereocenters.